The molecule has 0 aliphatic heterocycles. The van der Waals surface area contributed by atoms with Crippen LogP contribution in [0.5, 0.6) is 0 Å². The van der Waals surface area contributed by atoms with Crippen LogP contribution >= 0.6 is 0 Å². The van der Waals surface area contributed by atoms with Crippen LogP contribution in [-0.2, 0) is 6.42 Å². The standard InChI is InChI=1S/C15H20/c1-13-6-5-9-15(11-10-13)12-14-7-3-2-4-8-14/h2-4,7-9,13H,5-6,10-12H2,1H3. The van der Waals surface area contributed by atoms with E-state index in [4.69, 9.17) is 0 Å². The number of allylic oxidation sites excluding steroid dienone is 2. The summed E-state index contributed by atoms with van der Waals surface area (Å²) in [7, 11) is 0. The van der Waals surface area contributed by atoms with Crippen LogP contribution in [-0.4, -0.2) is 0 Å². The Labute approximate surface area is 93.0 Å². The smallest absolute Gasteiger partial charge is 0.00671 e. The van der Waals surface area contributed by atoms with E-state index in [0.29, 0.717) is 0 Å². The highest BCUT2D eigenvalue weighted by Gasteiger charge is 2.08. The van der Waals surface area contributed by atoms with Gasteiger partial charge in [0.2, 0.25) is 0 Å². The molecule has 1 aliphatic carbocycles. The zero-order valence-electron chi connectivity index (χ0n) is 9.58. The molecule has 1 aliphatic rings. The Morgan fingerprint density at radius 2 is 1.93 bits per heavy atom. The van der Waals surface area contributed by atoms with Crippen LogP contribution in [0.4, 0.5) is 0 Å². The van der Waals surface area contributed by atoms with Gasteiger partial charge in [-0.15, -0.1) is 0 Å². The lowest BCUT2D eigenvalue weighted by Gasteiger charge is -2.07. The van der Waals surface area contributed by atoms with Gasteiger partial charge in [-0.3, -0.25) is 0 Å². The molecule has 0 radical (unpaired) electrons. The molecule has 0 saturated heterocycles. The first kappa shape index (κ1) is 10.5. The van der Waals surface area contributed by atoms with E-state index in [1.165, 1.54) is 31.2 Å². The summed E-state index contributed by atoms with van der Waals surface area (Å²) in [4.78, 5) is 0. The van der Waals surface area contributed by atoms with Crippen molar-refractivity contribution in [2.75, 3.05) is 0 Å². The zero-order valence-corrected chi connectivity index (χ0v) is 9.58. The Hall–Kier alpha value is -1.04. The van der Waals surface area contributed by atoms with Gasteiger partial charge in [-0.05, 0) is 43.6 Å². The highest BCUT2D eigenvalue weighted by atomic mass is 14.1. The van der Waals surface area contributed by atoms with Crippen LogP contribution in [0.15, 0.2) is 42.0 Å². The monoisotopic (exact) mass is 200 g/mol. The van der Waals surface area contributed by atoms with E-state index in [1.807, 2.05) is 0 Å². The minimum atomic E-state index is 0.912. The normalized spacial score (nSPS) is 21.9. The fourth-order valence-electron chi connectivity index (χ4n) is 2.27. The van der Waals surface area contributed by atoms with Crippen LogP contribution < -0.4 is 0 Å². The van der Waals surface area contributed by atoms with Gasteiger partial charge in [0.1, 0.15) is 0 Å². The molecule has 2 rings (SSSR count). The highest BCUT2D eigenvalue weighted by Crippen LogP contribution is 2.24. The molecule has 0 bridgehead atoms. The van der Waals surface area contributed by atoms with E-state index in [9.17, 15) is 0 Å². The Morgan fingerprint density at radius 3 is 2.73 bits per heavy atom. The molecule has 1 unspecified atom stereocenters. The molecular weight excluding hydrogens is 180 g/mol. The minimum absolute atomic E-state index is 0.912. The van der Waals surface area contributed by atoms with Crippen molar-refractivity contribution in [1.82, 2.24) is 0 Å². The predicted octanol–water partition coefficient (Wildman–Crippen LogP) is 4.37. The summed E-state index contributed by atoms with van der Waals surface area (Å²) in [6, 6.07) is 10.8. The third-order valence-electron chi connectivity index (χ3n) is 3.32. The van der Waals surface area contributed by atoms with Gasteiger partial charge in [0.05, 0.1) is 0 Å². The second-order valence-electron chi connectivity index (χ2n) is 4.75. The van der Waals surface area contributed by atoms with Crippen LogP contribution in [0.2, 0.25) is 0 Å². The van der Waals surface area contributed by atoms with E-state index in [2.05, 4.69) is 43.3 Å². The van der Waals surface area contributed by atoms with Gasteiger partial charge < -0.3 is 0 Å². The van der Waals surface area contributed by atoms with E-state index in [-0.39, 0.29) is 0 Å². The average Bonchev–Trinajstić information content (AvgIpc) is 2.46. The largest absolute Gasteiger partial charge is 0.0850 e. The Bertz CT molecular complexity index is 321. The molecule has 0 saturated carbocycles. The number of hydrogen-bond donors (Lipinski definition) is 0. The average molecular weight is 200 g/mol. The molecular formula is C15H20. The summed E-state index contributed by atoms with van der Waals surface area (Å²) in [6.07, 6.45) is 8.96. The maximum atomic E-state index is 2.47. The second-order valence-corrected chi connectivity index (χ2v) is 4.75. The van der Waals surface area contributed by atoms with Crippen LogP contribution in [0.1, 0.15) is 38.2 Å². The fourth-order valence-corrected chi connectivity index (χ4v) is 2.27. The van der Waals surface area contributed by atoms with Crippen LogP contribution in [0.25, 0.3) is 0 Å². The Kier molecular flexibility index (Phi) is 3.60. The first-order valence-corrected chi connectivity index (χ1v) is 6.06. The first-order valence-electron chi connectivity index (χ1n) is 6.06. The number of hydrogen-bond acceptors (Lipinski definition) is 0. The first-order chi connectivity index (χ1) is 7.34. The van der Waals surface area contributed by atoms with E-state index >= 15 is 0 Å². The van der Waals surface area contributed by atoms with E-state index < -0.39 is 0 Å². The lowest BCUT2D eigenvalue weighted by Crippen LogP contribution is -1.93. The molecule has 1 atom stereocenters. The summed E-state index contributed by atoms with van der Waals surface area (Å²) in [6.45, 7) is 2.37. The molecule has 1 aromatic rings. The van der Waals surface area contributed by atoms with Crippen molar-refractivity contribution >= 4 is 0 Å². The molecule has 0 spiro atoms. The van der Waals surface area contributed by atoms with E-state index in [0.717, 1.165) is 12.3 Å². The molecule has 0 fully saturated rings. The van der Waals surface area contributed by atoms with Crippen molar-refractivity contribution < 1.29 is 0 Å². The van der Waals surface area contributed by atoms with Gasteiger partial charge in [0.15, 0.2) is 0 Å². The van der Waals surface area contributed by atoms with Gasteiger partial charge in [-0.2, -0.15) is 0 Å². The zero-order chi connectivity index (χ0) is 10.5. The van der Waals surface area contributed by atoms with Crippen LogP contribution in [0.3, 0.4) is 0 Å². The molecule has 1 aromatic carbocycles. The van der Waals surface area contributed by atoms with E-state index in [1.54, 1.807) is 5.57 Å². The lowest BCUT2D eigenvalue weighted by atomic mass is 9.98. The van der Waals surface area contributed by atoms with Crippen molar-refractivity contribution in [2.45, 2.75) is 39.0 Å². The number of benzene rings is 1. The summed E-state index contributed by atoms with van der Waals surface area (Å²) in [5.74, 6) is 0.912. The van der Waals surface area contributed by atoms with Crippen molar-refractivity contribution in [3.05, 3.63) is 47.5 Å². The third kappa shape index (κ3) is 3.23. The minimum Gasteiger partial charge on any atom is -0.0850 e. The van der Waals surface area contributed by atoms with Crippen molar-refractivity contribution in [1.29, 1.82) is 0 Å². The highest BCUT2D eigenvalue weighted by molar-refractivity contribution is 5.22. The second kappa shape index (κ2) is 5.16. The van der Waals surface area contributed by atoms with Gasteiger partial charge >= 0.3 is 0 Å². The molecule has 0 nitrogen and oxygen atoms in total. The van der Waals surface area contributed by atoms with Crippen molar-refractivity contribution in [3.8, 4) is 0 Å². The lowest BCUT2D eigenvalue weighted by molar-refractivity contribution is 0.509. The third-order valence-corrected chi connectivity index (χ3v) is 3.32. The summed E-state index contributed by atoms with van der Waals surface area (Å²) >= 11 is 0. The molecule has 0 amide bonds. The molecule has 0 N–H and O–H groups in total. The molecule has 0 heteroatoms. The van der Waals surface area contributed by atoms with Crippen molar-refractivity contribution in [2.24, 2.45) is 5.92 Å². The fraction of sp³-hybridized carbons (Fsp3) is 0.467. The van der Waals surface area contributed by atoms with Gasteiger partial charge in [-0.1, -0.05) is 48.9 Å². The molecule has 0 aromatic heterocycles. The SMILES string of the molecule is CC1CCC=C(Cc2ccccc2)CC1. The summed E-state index contributed by atoms with van der Waals surface area (Å²) < 4.78 is 0. The maximum Gasteiger partial charge on any atom is -0.00671 e. The van der Waals surface area contributed by atoms with Crippen molar-refractivity contribution in [3.63, 3.8) is 0 Å². The topological polar surface area (TPSA) is 0 Å². The quantitative estimate of drug-likeness (QED) is 0.622. The maximum absolute atomic E-state index is 2.47. The predicted molar refractivity (Wildman–Crippen MR) is 65.9 cm³/mol. The summed E-state index contributed by atoms with van der Waals surface area (Å²) in [5.41, 5.74) is 3.10. The van der Waals surface area contributed by atoms with Gasteiger partial charge in [-0.25, -0.2) is 0 Å². The Balaban J connectivity index is 1.97. The molecule has 15 heavy (non-hydrogen) atoms. The Morgan fingerprint density at radius 1 is 1.13 bits per heavy atom. The van der Waals surface area contributed by atoms with Gasteiger partial charge in [0.25, 0.3) is 0 Å². The number of rotatable bonds is 2. The molecule has 0 heterocycles. The van der Waals surface area contributed by atoms with Crippen LogP contribution in [0, 0.1) is 5.92 Å². The molecule has 80 valence electrons. The van der Waals surface area contributed by atoms with Gasteiger partial charge in [0, 0.05) is 0 Å². The summed E-state index contributed by atoms with van der Waals surface area (Å²) in [5, 5.41) is 0.